The van der Waals surface area contributed by atoms with Gasteiger partial charge in [0.1, 0.15) is 5.75 Å². The highest BCUT2D eigenvalue weighted by Crippen LogP contribution is 2.33. The van der Waals surface area contributed by atoms with E-state index in [0.29, 0.717) is 5.37 Å². The Morgan fingerprint density at radius 3 is 3.00 bits per heavy atom. The van der Waals surface area contributed by atoms with Crippen LogP contribution in [-0.2, 0) is 6.42 Å². The Labute approximate surface area is 90.3 Å². The fraction of sp³-hybridized carbons (Fsp3) is 0.455. The van der Waals surface area contributed by atoms with Crippen LogP contribution in [0.5, 0.6) is 5.75 Å². The van der Waals surface area contributed by atoms with Gasteiger partial charge in [-0.2, -0.15) is 12.6 Å². The van der Waals surface area contributed by atoms with Gasteiger partial charge in [-0.05, 0) is 36.6 Å². The van der Waals surface area contributed by atoms with Crippen molar-refractivity contribution in [1.82, 2.24) is 0 Å². The molecule has 0 N–H and O–H groups in total. The first-order chi connectivity index (χ1) is 6.72. The summed E-state index contributed by atoms with van der Waals surface area (Å²) in [5.41, 5.74) is 2.63. The molecule has 1 aromatic rings. The maximum absolute atomic E-state index is 5.20. The predicted molar refractivity (Wildman–Crippen MR) is 62.5 cm³/mol. The number of hydrogen-bond donors (Lipinski definition) is 1. The largest absolute Gasteiger partial charge is 0.497 e. The van der Waals surface area contributed by atoms with Crippen LogP contribution >= 0.6 is 12.6 Å². The molecule has 0 radical (unpaired) electrons. The maximum atomic E-state index is 5.20. The van der Waals surface area contributed by atoms with Gasteiger partial charge in [-0.3, -0.25) is 0 Å². The zero-order chi connectivity index (χ0) is 10.1. The molecule has 1 atom stereocenters. The third-order valence-corrected chi connectivity index (χ3v) is 3.39. The van der Waals surface area contributed by atoms with Gasteiger partial charge in [-0.15, -0.1) is 0 Å². The SMILES string of the molecule is COc1ccc2c(c1)CCC(S)N2C. The Balaban J connectivity index is 2.38. The van der Waals surface area contributed by atoms with Crippen molar-refractivity contribution < 1.29 is 4.74 Å². The van der Waals surface area contributed by atoms with Gasteiger partial charge < -0.3 is 9.64 Å². The number of methoxy groups -OCH3 is 1. The number of rotatable bonds is 1. The molecule has 1 aromatic carbocycles. The van der Waals surface area contributed by atoms with E-state index in [1.165, 1.54) is 11.3 Å². The van der Waals surface area contributed by atoms with Gasteiger partial charge >= 0.3 is 0 Å². The van der Waals surface area contributed by atoms with Gasteiger partial charge in [-0.1, -0.05) is 0 Å². The monoisotopic (exact) mass is 209 g/mol. The highest BCUT2D eigenvalue weighted by molar-refractivity contribution is 7.81. The van der Waals surface area contributed by atoms with Crippen molar-refractivity contribution in [3.8, 4) is 5.75 Å². The van der Waals surface area contributed by atoms with E-state index in [2.05, 4.69) is 36.7 Å². The summed E-state index contributed by atoms with van der Waals surface area (Å²) in [5.74, 6) is 0.940. The molecule has 1 unspecified atom stereocenters. The lowest BCUT2D eigenvalue weighted by molar-refractivity contribution is 0.414. The number of nitrogens with zero attached hydrogens (tertiary/aromatic N) is 1. The molecule has 0 aromatic heterocycles. The topological polar surface area (TPSA) is 12.5 Å². The van der Waals surface area contributed by atoms with Crippen LogP contribution in [0.1, 0.15) is 12.0 Å². The first-order valence-electron chi connectivity index (χ1n) is 4.80. The molecule has 0 aliphatic carbocycles. The van der Waals surface area contributed by atoms with Gasteiger partial charge in [0.2, 0.25) is 0 Å². The Morgan fingerprint density at radius 1 is 1.50 bits per heavy atom. The second-order valence-corrected chi connectivity index (χ2v) is 4.22. The summed E-state index contributed by atoms with van der Waals surface area (Å²) >= 11 is 4.52. The molecular formula is C11H15NOS. The van der Waals surface area contributed by atoms with Crippen molar-refractivity contribution >= 4 is 18.3 Å². The van der Waals surface area contributed by atoms with E-state index in [1.807, 2.05) is 6.07 Å². The summed E-state index contributed by atoms with van der Waals surface area (Å²) in [6.45, 7) is 0. The Morgan fingerprint density at radius 2 is 2.29 bits per heavy atom. The number of ether oxygens (including phenoxy) is 1. The summed E-state index contributed by atoms with van der Waals surface area (Å²) in [4.78, 5) is 2.21. The van der Waals surface area contributed by atoms with E-state index in [-0.39, 0.29) is 0 Å². The molecule has 1 heterocycles. The van der Waals surface area contributed by atoms with Crippen molar-refractivity contribution in [3.63, 3.8) is 0 Å². The van der Waals surface area contributed by atoms with E-state index in [4.69, 9.17) is 4.74 Å². The minimum absolute atomic E-state index is 0.343. The lowest BCUT2D eigenvalue weighted by Crippen LogP contribution is -2.31. The van der Waals surface area contributed by atoms with Crippen LogP contribution in [0.2, 0.25) is 0 Å². The number of thiol groups is 1. The lowest BCUT2D eigenvalue weighted by atomic mass is 10.0. The molecule has 0 saturated carbocycles. The van der Waals surface area contributed by atoms with Gasteiger partial charge in [0.15, 0.2) is 0 Å². The second-order valence-electron chi connectivity index (χ2n) is 3.62. The molecule has 3 heteroatoms. The zero-order valence-electron chi connectivity index (χ0n) is 8.53. The van der Waals surface area contributed by atoms with Crippen molar-refractivity contribution in [3.05, 3.63) is 23.8 Å². The van der Waals surface area contributed by atoms with Crippen molar-refractivity contribution in [2.45, 2.75) is 18.2 Å². The molecule has 2 nitrogen and oxygen atoms in total. The van der Waals surface area contributed by atoms with Crippen LogP contribution < -0.4 is 9.64 Å². The quantitative estimate of drug-likeness (QED) is 0.713. The van der Waals surface area contributed by atoms with Crippen LogP contribution in [-0.4, -0.2) is 19.5 Å². The third-order valence-electron chi connectivity index (χ3n) is 2.79. The molecule has 2 rings (SSSR count). The van der Waals surface area contributed by atoms with E-state index < -0.39 is 0 Å². The molecule has 0 fully saturated rings. The highest BCUT2D eigenvalue weighted by atomic mass is 32.1. The Bertz CT molecular complexity index is 340. The number of aryl methyl sites for hydroxylation is 1. The van der Waals surface area contributed by atoms with Crippen molar-refractivity contribution in [2.75, 3.05) is 19.1 Å². The van der Waals surface area contributed by atoms with Gasteiger partial charge in [-0.25, -0.2) is 0 Å². The van der Waals surface area contributed by atoms with Crippen LogP contribution in [0.4, 0.5) is 5.69 Å². The first kappa shape index (κ1) is 9.71. The molecule has 76 valence electrons. The maximum Gasteiger partial charge on any atom is 0.119 e. The van der Waals surface area contributed by atoms with Crippen LogP contribution in [0.15, 0.2) is 18.2 Å². The third kappa shape index (κ3) is 1.57. The summed E-state index contributed by atoms with van der Waals surface area (Å²) < 4.78 is 5.20. The summed E-state index contributed by atoms with van der Waals surface area (Å²) in [6, 6.07) is 6.23. The molecule has 0 bridgehead atoms. The van der Waals surface area contributed by atoms with E-state index in [0.717, 1.165) is 18.6 Å². The Kier molecular flexibility index (Phi) is 2.59. The molecule has 1 aliphatic heterocycles. The number of benzene rings is 1. The van der Waals surface area contributed by atoms with Gasteiger partial charge in [0.05, 0.1) is 12.5 Å². The minimum Gasteiger partial charge on any atom is -0.497 e. The predicted octanol–water partition coefficient (Wildman–Crippen LogP) is 2.33. The minimum atomic E-state index is 0.343. The molecule has 0 saturated heterocycles. The van der Waals surface area contributed by atoms with Crippen molar-refractivity contribution in [2.24, 2.45) is 0 Å². The molecule has 1 aliphatic rings. The fourth-order valence-corrected chi connectivity index (χ4v) is 2.13. The van der Waals surface area contributed by atoms with Gasteiger partial charge in [0, 0.05) is 12.7 Å². The van der Waals surface area contributed by atoms with Crippen LogP contribution in [0, 0.1) is 0 Å². The molecule has 0 amide bonds. The zero-order valence-corrected chi connectivity index (χ0v) is 9.42. The standard InChI is InChI=1S/C11H15NOS/c1-12-10-5-4-9(13-2)7-8(10)3-6-11(12)14/h4-5,7,11,14H,3,6H2,1-2H3. The molecular weight excluding hydrogens is 194 g/mol. The fourth-order valence-electron chi connectivity index (χ4n) is 1.87. The average Bonchev–Trinajstić information content (AvgIpc) is 2.23. The summed E-state index contributed by atoms with van der Waals surface area (Å²) in [5, 5.41) is 0.343. The second kappa shape index (κ2) is 3.73. The first-order valence-corrected chi connectivity index (χ1v) is 5.32. The molecule has 14 heavy (non-hydrogen) atoms. The van der Waals surface area contributed by atoms with Crippen LogP contribution in [0.25, 0.3) is 0 Å². The van der Waals surface area contributed by atoms with E-state index in [1.54, 1.807) is 7.11 Å². The molecule has 0 spiro atoms. The summed E-state index contributed by atoms with van der Waals surface area (Å²) in [7, 11) is 3.79. The smallest absolute Gasteiger partial charge is 0.119 e. The Hall–Kier alpha value is -0.830. The number of anilines is 1. The number of hydrogen-bond acceptors (Lipinski definition) is 3. The van der Waals surface area contributed by atoms with Crippen molar-refractivity contribution in [1.29, 1.82) is 0 Å². The number of fused-ring (bicyclic) bond motifs is 1. The lowest BCUT2D eigenvalue weighted by Gasteiger charge is -2.33. The normalized spacial score (nSPS) is 20.5. The van der Waals surface area contributed by atoms with E-state index >= 15 is 0 Å². The van der Waals surface area contributed by atoms with E-state index in [9.17, 15) is 0 Å². The summed E-state index contributed by atoms with van der Waals surface area (Å²) in [6.07, 6.45) is 2.19. The highest BCUT2D eigenvalue weighted by Gasteiger charge is 2.20. The van der Waals surface area contributed by atoms with Crippen LogP contribution in [0.3, 0.4) is 0 Å². The van der Waals surface area contributed by atoms with Gasteiger partial charge in [0.25, 0.3) is 0 Å². The average molecular weight is 209 g/mol.